The van der Waals surface area contributed by atoms with Gasteiger partial charge in [-0.25, -0.2) is 12.7 Å². The van der Waals surface area contributed by atoms with Gasteiger partial charge in [-0.2, -0.15) is 0 Å². The molecule has 0 aromatic heterocycles. The zero-order valence-corrected chi connectivity index (χ0v) is 9.21. The number of aliphatic hydroxyl groups excluding tert-OH is 1. The maximum absolute atomic E-state index is 10.9. The Bertz CT molecular complexity index is 237. The quantitative estimate of drug-likeness (QED) is 0.630. The molecule has 0 aromatic carbocycles. The van der Waals surface area contributed by atoms with Crippen LogP contribution in [0.2, 0.25) is 0 Å². The van der Waals surface area contributed by atoms with E-state index in [2.05, 4.69) is 0 Å². The van der Waals surface area contributed by atoms with E-state index in [0.717, 1.165) is 10.6 Å². The topological polar surface area (TPSA) is 66.8 Å². The molecule has 0 aromatic rings. The van der Waals surface area contributed by atoms with Gasteiger partial charge < -0.3 is 9.84 Å². The third-order valence-corrected chi connectivity index (χ3v) is 2.69. The lowest BCUT2D eigenvalue weighted by Crippen LogP contribution is -2.35. The fourth-order valence-corrected chi connectivity index (χ4v) is 1.11. The summed E-state index contributed by atoms with van der Waals surface area (Å²) < 4.78 is 27.8. The van der Waals surface area contributed by atoms with Crippen molar-refractivity contribution in [3.63, 3.8) is 0 Å². The summed E-state index contributed by atoms with van der Waals surface area (Å²) >= 11 is 0. The number of hydrogen-bond donors (Lipinski definition) is 1. The zero-order valence-electron chi connectivity index (χ0n) is 8.39. The Labute approximate surface area is 79.4 Å². The standard InChI is InChI=1S/C7H17NO4S/c1-6(2)12-7(9)5-8(3)13(4,10)11/h6-7,9H,5H2,1-4H3. The van der Waals surface area contributed by atoms with Crippen LogP contribution in [-0.2, 0) is 14.8 Å². The molecule has 80 valence electrons. The fraction of sp³-hybridized carbons (Fsp3) is 1.00. The van der Waals surface area contributed by atoms with E-state index in [1.165, 1.54) is 7.05 Å². The Kier molecular flexibility index (Phi) is 4.83. The second-order valence-corrected chi connectivity index (χ2v) is 5.27. The molecule has 0 saturated carbocycles. The van der Waals surface area contributed by atoms with E-state index in [1.54, 1.807) is 13.8 Å². The summed E-state index contributed by atoms with van der Waals surface area (Å²) in [5.74, 6) is 0. The first kappa shape index (κ1) is 12.8. The summed E-state index contributed by atoms with van der Waals surface area (Å²) in [4.78, 5) is 0. The van der Waals surface area contributed by atoms with Gasteiger partial charge in [0.25, 0.3) is 0 Å². The number of aliphatic hydroxyl groups is 1. The van der Waals surface area contributed by atoms with Gasteiger partial charge in [0.2, 0.25) is 10.0 Å². The van der Waals surface area contributed by atoms with Gasteiger partial charge in [-0.05, 0) is 13.8 Å². The SMILES string of the molecule is CC(C)OC(O)CN(C)S(C)(=O)=O. The van der Waals surface area contributed by atoms with Crippen LogP contribution in [0.5, 0.6) is 0 Å². The summed E-state index contributed by atoms with van der Waals surface area (Å²) in [5.41, 5.74) is 0. The highest BCUT2D eigenvalue weighted by atomic mass is 32.2. The zero-order chi connectivity index (χ0) is 10.6. The molecule has 0 spiro atoms. The van der Waals surface area contributed by atoms with Gasteiger partial charge in [-0.1, -0.05) is 0 Å². The van der Waals surface area contributed by atoms with Crippen LogP contribution in [0, 0.1) is 0 Å². The van der Waals surface area contributed by atoms with Crippen LogP contribution in [0.15, 0.2) is 0 Å². The highest BCUT2D eigenvalue weighted by Crippen LogP contribution is 1.99. The molecular weight excluding hydrogens is 194 g/mol. The van der Waals surface area contributed by atoms with E-state index in [0.29, 0.717) is 0 Å². The summed E-state index contributed by atoms with van der Waals surface area (Å²) in [7, 11) is -1.85. The van der Waals surface area contributed by atoms with E-state index >= 15 is 0 Å². The van der Waals surface area contributed by atoms with Crippen molar-refractivity contribution in [2.24, 2.45) is 0 Å². The van der Waals surface area contributed by atoms with Gasteiger partial charge in [0.05, 0.1) is 18.9 Å². The maximum Gasteiger partial charge on any atom is 0.211 e. The lowest BCUT2D eigenvalue weighted by Gasteiger charge is -2.20. The van der Waals surface area contributed by atoms with Crippen molar-refractivity contribution in [2.45, 2.75) is 26.2 Å². The molecule has 1 N–H and O–H groups in total. The minimum atomic E-state index is -3.24. The van der Waals surface area contributed by atoms with Crippen molar-refractivity contribution in [2.75, 3.05) is 19.8 Å². The first-order valence-electron chi connectivity index (χ1n) is 3.98. The van der Waals surface area contributed by atoms with Crippen molar-refractivity contribution >= 4 is 10.0 Å². The Morgan fingerprint density at radius 1 is 1.46 bits per heavy atom. The number of nitrogens with zero attached hydrogens (tertiary/aromatic N) is 1. The third kappa shape index (κ3) is 5.98. The second kappa shape index (κ2) is 4.90. The molecule has 0 heterocycles. The van der Waals surface area contributed by atoms with E-state index in [1.807, 2.05) is 0 Å². The van der Waals surface area contributed by atoms with Crippen LogP contribution in [-0.4, -0.2) is 50.1 Å². The largest absolute Gasteiger partial charge is 0.367 e. The van der Waals surface area contributed by atoms with Crippen molar-refractivity contribution in [1.82, 2.24) is 4.31 Å². The van der Waals surface area contributed by atoms with Crippen molar-refractivity contribution in [3.05, 3.63) is 0 Å². The lowest BCUT2D eigenvalue weighted by molar-refractivity contribution is -0.128. The van der Waals surface area contributed by atoms with Crippen LogP contribution < -0.4 is 0 Å². The molecule has 1 atom stereocenters. The predicted molar refractivity (Wildman–Crippen MR) is 49.7 cm³/mol. The Hall–Kier alpha value is -0.170. The molecule has 0 saturated heterocycles. The van der Waals surface area contributed by atoms with Crippen LogP contribution in [0.4, 0.5) is 0 Å². The molecule has 0 amide bonds. The summed E-state index contributed by atoms with van der Waals surface area (Å²) in [5, 5.41) is 9.22. The second-order valence-electron chi connectivity index (χ2n) is 3.18. The predicted octanol–water partition coefficient (Wildman–Crippen LogP) is -0.379. The molecule has 0 aliphatic carbocycles. The first-order valence-corrected chi connectivity index (χ1v) is 5.83. The summed E-state index contributed by atoms with van der Waals surface area (Å²) in [6.07, 6.45) is -0.113. The number of likely N-dealkylation sites (N-methyl/N-ethyl adjacent to an activating group) is 1. The van der Waals surface area contributed by atoms with Gasteiger partial charge in [0.1, 0.15) is 0 Å². The van der Waals surface area contributed by atoms with Gasteiger partial charge >= 0.3 is 0 Å². The molecule has 1 unspecified atom stereocenters. The first-order chi connectivity index (χ1) is 5.73. The molecule has 0 aliphatic rings. The van der Waals surface area contributed by atoms with Gasteiger partial charge in [0, 0.05) is 7.05 Å². The lowest BCUT2D eigenvalue weighted by atomic mass is 10.5. The Balaban J connectivity index is 4.00. The van der Waals surface area contributed by atoms with Crippen molar-refractivity contribution < 1.29 is 18.3 Å². The van der Waals surface area contributed by atoms with Gasteiger partial charge in [-0.15, -0.1) is 0 Å². The van der Waals surface area contributed by atoms with Crippen molar-refractivity contribution in [3.8, 4) is 0 Å². The summed E-state index contributed by atoms with van der Waals surface area (Å²) in [6.45, 7) is 3.49. The minimum absolute atomic E-state index is 0.0446. The third-order valence-electron chi connectivity index (χ3n) is 1.41. The number of sulfonamides is 1. The molecule has 6 heteroatoms. The number of rotatable bonds is 5. The maximum atomic E-state index is 10.9. The molecular formula is C7H17NO4S. The molecule has 0 radical (unpaired) electrons. The van der Waals surface area contributed by atoms with Gasteiger partial charge in [0.15, 0.2) is 6.29 Å². The average molecular weight is 211 g/mol. The fourth-order valence-electron chi connectivity index (χ4n) is 0.713. The van der Waals surface area contributed by atoms with E-state index < -0.39 is 16.3 Å². The molecule has 0 bridgehead atoms. The van der Waals surface area contributed by atoms with E-state index in [4.69, 9.17) is 4.74 Å². The van der Waals surface area contributed by atoms with Crippen LogP contribution >= 0.6 is 0 Å². The highest BCUT2D eigenvalue weighted by molar-refractivity contribution is 7.88. The van der Waals surface area contributed by atoms with E-state index in [9.17, 15) is 13.5 Å². The number of hydrogen-bond acceptors (Lipinski definition) is 4. The monoisotopic (exact) mass is 211 g/mol. The smallest absolute Gasteiger partial charge is 0.211 e. The number of ether oxygens (including phenoxy) is 1. The molecule has 0 rings (SSSR count). The Morgan fingerprint density at radius 2 is 1.92 bits per heavy atom. The van der Waals surface area contributed by atoms with Crippen molar-refractivity contribution in [1.29, 1.82) is 0 Å². The molecule has 5 nitrogen and oxygen atoms in total. The normalized spacial score (nSPS) is 15.3. The molecule has 0 aliphatic heterocycles. The Morgan fingerprint density at radius 3 is 2.23 bits per heavy atom. The van der Waals surface area contributed by atoms with Crippen LogP contribution in [0.25, 0.3) is 0 Å². The van der Waals surface area contributed by atoms with E-state index in [-0.39, 0.29) is 12.6 Å². The summed E-state index contributed by atoms with van der Waals surface area (Å²) in [6, 6.07) is 0. The highest BCUT2D eigenvalue weighted by Gasteiger charge is 2.16. The minimum Gasteiger partial charge on any atom is -0.367 e. The van der Waals surface area contributed by atoms with Crippen LogP contribution in [0.3, 0.4) is 0 Å². The van der Waals surface area contributed by atoms with Crippen LogP contribution in [0.1, 0.15) is 13.8 Å². The molecule has 0 fully saturated rings. The van der Waals surface area contributed by atoms with Gasteiger partial charge in [-0.3, -0.25) is 0 Å². The average Bonchev–Trinajstić information content (AvgIpc) is 1.82. The molecule has 13 heavy (non-hydrogen) atoms.